The van der Waals surface area contributed by atoms with Gasteiger partial charge < -0.3 is 9.64 Å². The van der Waals surface area contributed by atoms with Crippen LogP contribution in [0.2, 0.25) is 0 Å². The summed E-state index contributed by atoms with van der Waals surface area (Å²) in [4.78, 5) is 18.1. The van der Waals surface area contributed by atoms with Crippen molar-refractivity contribution in [1.82, 2.24) is 24.9 Å². The lowest BCUT2D eigenvalue weighted by atomic mass is 10.0. The van der Waals surface area contributed by atoms with E-state index in [9.17, 15) is 9.18 Å². The molecule has 1 aliphatic carbocycles. The van der Waals surface area contributed by atoms with Crippen LogP contribution in [0.15, 0.2) is 24.5 Å². The number of pyridine rings is 1. The van der Waals surface area contributed by atoms with Gasteiger partial charge in [0.25, 0.3) is 0 Å². The smallest absolute Gasteiger partial charge is 0.225 e. The fourth-order valence-corrected chi connectivity index (χ4v) is 3.61. The largest absolute Gasteiger partial charge is 0.481 e. The molecule has 2 fully saturated rings. The average Bonchev–Trinajstić information content (AvgIpc) is 3.27. The molecule has 3 heterocycles. The van der Waals surface area contributed by atoms with E-state index in [1.165, 1.54) is 0 Å². The van der Waals surface area contributed by atoms with Crippen LogP contribution in [0.3, 0.4) is 0 Å². The molecule has 0 radical (unpaired) electrons. The highest BCUT2D eigenvalue weighted by atomic mass is 19.1. The third kappa shape index (κ3) is 2.96. The van der Waals surface area contributed by atoms with Crippen LogP contribution in [0.1, 0.15) is 25.3 Å². The molecule has 4 rings (SSSR count). The number of hydrogen-bond acceptors (Lipinski definition) is 5. The van der Waals surface area contributed by atoms with Gasteiger partial charge in [0, 0.05) is 12.1 Å². The molecule has 2 atom stereocenters. The summed E-state index contributed by atoms with van der Waals surface area (Å²) < 4.78 is 20.0. The number of methoxy groups -OCH3 is 1. The molecule has 0 aromatic carbocycles. The van der Waals surface area contributed by atoms with E-state index in [-0.39, 0.29) is 31.0 Å². The monoisotopic (exact) mass is 345 g/mol. The van der Waals surface area contributed by atoms with Crippen LogP contribution in [0.25, 0.3) is 11.3 Å². The number of ether oxygens (including phenoxy) is 1. The molecule has 0 N–H and O–H groups in total. The molecule has 1 aliphatic heterocycles. The Hall–Kier alpha value is -2.51. The van der Waals surface area contributed by atoms with Crippen molar-refractivity contribution in [3.8, 4) is 17.1 Å². The van der Waals surface area contributed by atoms with Gasteiger partial charge in [-0.25, -0.2) is 14.1 Å². The molecule has 0 spiro atoms. The number of nitrogens with zero attached hydrogens (tertiary/aromatic N) is 5. The highest BCUT2D eigenvalue weighted by molar-refractivity contribution is 5.80. The van der Waals surface area contributed by atoms with E-state index in [1.807, 2.05) is 23.0 Å². The van der Waals surface area contributed by atoms with Crippen molar-refractivity contribution in [2.24, 2.45) is 5.92 Å². The van der Waals surface area contributed by atoms with Crippen molar-refractivity contribution < 1.29 is 13.9 Å². The van der Waals surface area contributed by atoms with Crippen molar-refractivity contribution in [2.45, 2.75) is 31.5 Å². The van der Waals surface area contributed by atoms with E-state index in [2.05, 4.69) is 15.3 Å². The number of amides is 1. The topological polar surface area (TPSA) is 73.1 Å². The molecular formula is C17H20FN5O2. The van der Waals surface area contributed by atoms with Crippen LogP contribution in [-0.2, 0) is 4.79 Å². The zero-order chi connectivity index (χ0) is 17.4. The van der Waals surface area contributed by atoms with E-state index in [1.54, 1.807) is 18.2 Å². The fraction of sp³-hybridized carbons (Fsp3) is 0.529. The summed E-state index contributed by atoms with van der Waals surface area (Å²) in [6.45, 7) is 0.489. The minimum absolute atomic E-state index is 0.0434. The SMILES string of the molecule is COc1ncccc1-c1cn(C2CCC(C(=O)N3CC(F)C3)C2)nn1. The first-order valence-electron chi connectivity index (χ1n) is 8.49. The van der Waals surface area contributed by atoms with Crippen LogP contribution < -0.4 is 4.74 Å². The first-order chi connectivity index (χ1) is 12.2. The second kappa shape index (κ2) is 6.42. The van der Waals surface area contributed by atoms with Gasteiger partial charge in [-0.15, -0.1) is 5.10 Å². The van der Waals surface area contributed by atoms with Gasteiger partial charge in [0.05, 0.1) is 38.0 Å². The van der Waals surface area contributed by atoms with Gasteiger partial charge >= 0.3 is 0 Å². The predicted molar refractivity (Wildman–Crippen MR) is 87.7 cm³/mol. The summed E-state index contributed by atoms with van der Waals surface area (Å²) in [6.07, 6.45) is 5.09. The Morgan fingerprint density at radius 3 is 2.96 bits per heavy atom. The van der Waals surface area contributed by atoms with Crippen molar-refractivity contribution >= 4 is 5.91 Å². The summed E-state index contributed by atoms with van der Waals surface area (Å²) in [6, 6.07) is 3.85. The molecule has 2 aromatic rings. The first-order valence-corrected chi connectivity index (χ1v) is 8.49. The highest BCUT2D eigenvalue weighted by Gasteiger charge is 2.38. The van der Waals surface area contributed by atoms with Gasteiger partial charge in [-0.1, -0.05) is 5.21 Å². The Kier molecular flexibility index (Phi) is 4.10. The molecule has 1 amide bonds. The summed E-state index contributed by atoms with van der Waals surface area (Å²) in [7, 11) is 1.57. The van der Waals surface area contributed by atoms with E-state index < -0.39 is 6.17 Å². The number of rotatable bonds is 4. The van der Waals surface area contributed by atoms with E-state index in [0.717, 1.165) is 24.8 Å². The Morgan fingerprint density at radius 1 is 1.36 bits per heavy atom. The van der Waals surface area contributed by atoms with Crippen LogP contribution >= 0.6 is 0 Å². The number of hydrogen-bond donors (Lipinski definition) is 0. The van der Waals surface area contributed by atoms with E-state index in [0.29, 0.717) is 11.6 Å². The quantitative estimate of drug-likeness (QED) is 0.846. The van der Waals surface area contributed by atoms with Crippen molar-refractivity contribution in [1.29, 1.82) is 0 Å². The van der Waals surface area contributed by atoms with Gasteiger partial charge in [-0.05, 0) is 31.4 Å². The minimum Gasteiger partial charge on any atom is -0.481 e. The van der Waals surface area contributed by atoms with Crippen LogP contribution in [0, 0.1) is 5.92 Å². The van der Waals surface area contributed by atoms with Gasteiger partial charge in [0.2, 0.25) is 11.8 Å². The molecule has 0 bridgehead atoms. The van der Waals surface area contributed by atoms with Crippen LogP contribution in [0.5, 0.6) is 5.88 Å². The fourth-order valence-electron chi connectivity index (χ4n) is 3.61. The van der Waals surface area contributed by atoms with Gasteiger partial charge in [-0.2, -0.15) is 0 Å². The summed E-state index contributed by atoms with van der Waals surface area (Å²) >= 11 is 0. The maximum Gasteiger partial charge on any atom is 0.225 e. The van der Waals surface area contributed by atoms with Crippen molar-refractivity contribution in [3.05, 3.63) is 24.5 Å². The lowest BCUT2D eigenvalue weighted by Gasteiger charge is -2.36. The predicted octanol–water partition coefficient (Wildman–Crippen LogP) is 1.87. The number of likely N-dealkylation sites (tertiary alicyclic amines) is 1. The lowest BCUT2D eigenvalue weighted by molar-refractivity contribution is -0.142. The van der Waals surface area contributed by atoms with E-state index in [4.69, 9.17) is 4.74 Å². The van der Waals surface area contributed by atoms with Crippen LogP contribution in [0.4, 0.5) is 4.39 Å². The Balaban J connectivity index is 1.45. The van der Waals surface area contributed by atoms with E-state index >= 15 is 0 Å². The Labute approximate surface area is 144 Å². The highest BCUT2D eigenvalue weighted by Crippen LogP contribution is 2.37. The Bertz CT molecular complexity index is 774. The number of halogens is 1. The normalized spacial score (nSPS) is 23.5. The molecule has 1 saturated heterocycles. The summed E-state index contributed by atoms with van der Waals surface area (Å²) in [5.41, 5.74) is 1.49. The third-order valence-corrected chi connectivity index (χ3v) is 5.03. The molecule has 1 saturated carbocycles. The number of alkyl halides is 1. The third-order valence-electron chi connectivity index (χ3n) is 5.03. The summed E-state index contributed by atoms with van der Waals surface area (Å²) in [5.74, 6) is 0.538. The molecule has 25 heavy (non-hydrogen) atoms. The molecular weight excluding hydrogens is 325 g/mol. The number of carbonyl (C=O) groups excluding carboxylic acids is 1. The minimum atomic E-state index is -0.853. The van der Waals surface area contributed by atoms with Gasteiger partial charge in [0.1, 0.15) is 11.9 Å². The van der Waals surface area contributed by atoms with Gasteiger partial charge in [-0.3, -0.25) is 4.79 Å². The average molecular weight is 345 g/mol. The Morgan fingerprint density at radius 2 is 2.20 bits per heavy atom. The van der Waals surface area contributed by atoms with Crippen molar-refractivity contribution in [2.75, 3.05) is 20.2 Å². The molecule has 2 aromatic heterocycles. The molecule has 2 aliphatic rings. The standard InChI is InChI=1S/C17H20FN5O2/c1-25-16-14(3-2-6-19-16)15-10-23(21-20-15)13-5-4-11(7-13)17(24)22-8-12(18)9-22/h2-3,6,10-13H,4-5,7-9H2,1H3. The molecule has 7 nitrogen and oxygen atoms in total. The van der Waals surface area contributed by atoms with Crippen molar-refractivity contribution in [3.63, 3.8) is 0 Å². The summed E-state index contributed by atoms with van der Waals surface area (Å²) in [5, 5.41) is 8.46. The number of carbonyl (C=O) groups is 1. The maximum atomic E-state index is 13.0. The van der Waals surface area contributed by atoms with Crippen LogP contribution in [-0.4, -0.2) is 57.2 Å². The second-order valence-corrected chi connectivity index (χ2v) is 6.65. The zero-order valence-electron chi connectivity index (χ0n) is 14.0. The first kappa shape index (κ1) is 16.0. The molecule has 8 heteroatoms. The number of aromatic nitrogens is 4. The lowest BCUT2D eigenvalue weighted by Crippen LogP contribution is -2.53. The zero-order valence-corrected chi connectivity index (χ0v) is 14.0. The van der Waals surface area contributed by atoms with Gasteiger partial charge in [0.15, 0.2) is 0 Å². The molecule has 2 unspecified atom stereocenters. The maximum absolute atomic E-state index is 13.0. The molecule has 132 valence electrons. The second-order valence-electron chi connectivity index (χ2n) is 6.65.